The van der Waals surface area contributed by atoms with E-state index in [0.717, 1.165) is 28.2 Å². The number of Topliss-reactive ketones (excluding diaryl/α,β-unsaturated/α-hetero) is 1. The number of fused-ring (bicyclic) bond motifs is 4. The minimum absolute atomic E-state index is 0.290. The normalized spacial score (nSPS) is 28.9. The molecule has 3 saturated heterocycles. The van der Waals surface area contributed by atoms with E-state index in [1.165, 1.54) is 25.9 Å². The Morgan fingerprint density at radius 1 is 1.35 bits per heavy atom. The first-order valence-corrected chi connectivity index (χ1v) is 8.26. The van der Waals surface area contributed by atoms with Crippen molar-refractivity contribution in [1.82, 2.24) is 9.88 Å². The Balaban J connectivity index is 1.52. The number of ketones is 1. The van der Waals surface area contributed by atoms with Crippen molar-refractivity contribution in [1.29, 1.82) is 0 Å². The van der Waals surface area contributed by atoms with Gasteiger partial charge in [-0.1, -0.05) is 0 Å². The van der Waals surface area contributed by atoms with Crippen molar-refractivity contribution < 1.29 is 4.79 Å². The van der Waals surface area contributed by atoms with Gasteiger partial charge in [-0.05, 0) is 56.0 Å². The second-order valence-electron chi connectivity index (χ2n) is 6.06. The Kier molecular flexibility index (Phi) is 3.08. The summed E-state index contributed by atoms with van der Waals surface area (Å²) >= 11 is 1.62. The summed E-state index contributed by atoms with van der Waals surface area (Å²) in [4.78, 5) is 19.3. The van der Waals surface area contributed by atoms with Gasteiger partial charge < -0.3 is 4.90 Å². The Labute approximate surface area is 122 Å². The highest BCUT2D eigenvalue weighted by Crippen LogP contribution is 2.35. The molecule has 4 heteroatoms. The van der Waals surface area contributed by atoms with E-state index in [-0.39, 0.29) is 0 Å². The standard InChI is InChI=1S/C16H18N2OS/c19-15(8-13-9-18-5-3-11(13)4-6-18)12-1-2-16-14(7-12)17-10-20-16/h1-2,7,10-11,13H,3-6,8-9H2/t13-/m0/s1. The van der Waals surface area contributed by atoms with Crippen LogP contribution in [0.1, 0.15) is 29.6 Å². The zero-order chi connectivity index (χ0) is 13.5. The quantitative estimate of drug-likeness (QED) is 0.812. The van der Waals surface area contributed by atoms with Crippen LogP contribution < -0.4 is 0 Å². The lowest BCUT2D eigenvalue weighted by Gasteiger charge is -2.44. The van der Waals surface area contributed by atoms with E-state index in [0.29, 0.717) is 18.1 Å². The van der Waals surface area contributed by atoms with E-state index in [9.17, 15) is 4.79 Å². The fraction of sp³-hybridized carbons (Fsp3) is 0.500. The first kappa shape index (κ1) is 12.5. The molecule has 3 nitrogen and oxygen atoms in total. The van der Waals surface area contributed by atoms with Crippen molar-refractivity contribution in [2.45, 2.75) is 19.3 Å². The van der Waals surface area contributed by atoms with Gasteiger partial charge in [-0.15, -0.1) is 11.3 Å². The van der Waals surface area contributed by atoms with Crippen LogP contribution in [0.25, 0.3) is 10.2 Å². The SMILES string of the molecule is O=C(C[C@H]1CN2CCC1CC2)c1ccc2scnc2c1. The van der Waals surface area contributed by atoms with Crippen molar-refractivity contribution >= 4 is 27.3 Å². The number of rotatable bonds is 3. The number of carbonyl (C=O) groups excluding carboxylic acids is 1. The summed E-state index contributed by atoms with van der Waals surface area (Å²) in [5, 5.41) is 0. The molecule has 3 fully saturated rings. The summed E-state index contributed by atoms with van der Waals surface area (Å²) in [7, 11) is 0. The fourth-order valence-corrected chi connectivity index (χ4v) is 4.36. The fourth-order valence-electron chi connectivity index (χ4n) is 3.71. The van der Waals surface area contributed by atoms with E-state index in [2.05, 4.69) is 9.88 Å². The lowest BCUT2D eigenvalue weighted by Crippen LogP contribution is -2.47. The van der Waals surface area contributed by atoms with Crippen molar-refractivity contribution in [2.24, 2.45) is 11.8 Å². The second-order valence-corrected chi connectivity index (χ2v) is 6.95. The molecule has 3 aliphatic heterocycles. The van der Waals surface area contributed by atoms with Crippen LogP contribution in [-0.4, -0.2) is 35.3 Å². The molecule has 0 unspecified atom stereocenters. The largest absolute Gasteiger partial charge is 0.303 e. The maximum atomic E-state index is 12.5. The smallest absolute Gasteiger partial charge is 0.163 e. The molecule has 0 saturated carbocycles. The molecule has 20 heavy (non-hydrogen) atoms. The van der Waals surface area contributed by atoms with E-state index in [4.69, 9.17) is 0 Å². The van der Waals surface area contributed by atoms with Gasteiger partial charge in [0.05, 0.1) is 15.7 Å². The molecule has 2 bridgehead atoms. The zero-order valence-electron chi connectivity index (χ0n) is 11.4. The van der Waals surface area contributed by atoms with Gasteiger partial charge in [0.25, 0.3) is 0 Å². The van der Waals surface area contributed by atoms with Crippen LogP contribution in [0.3, 0.4) is 0 Å². The van der Waals surface area contributed by atoms with Gasteiger partial charge in [-0.2, -0.15) is 0 Å². The van der Waals surface area contributed by atoms with Crippen molar-refractivity contribution in [2.75, 3.05) is 19.6 Å². The molecule has 104 valence electrons. The number of carbonyl (C=O) groups is 1. The van der Waals surface area contributed by atoms with Crippen LogP contribution >= 0.6 is 11.3 Å². The number of hydrogen-bond donors (Lipinski definition) is 0. The van der Waals surface area contributed by atoms with E-state index in [1.54, 1.807) is 11.3 Å². The van der Waals surface area contributed by atoms with E-state index < -0.39 is 0 Å². The Morgan fingerprint density at radius 2 is 2.20 bits per heavy atom. The van der Waals surface area contributed by atoms with E-state index >= 15 is 0 Å². The highest BCUT2D eigenvalue weighted by atomic mass is 32.1. The van der Waals surface area contributed by atoms with Crippen LogP contribution in [0.2, 0.25) is 0 Å². The summed E-state index contributed by atoms with van der Waals surface area (Å²) in [6, 6.07) is 5.94. The first-order valence-electron chi connectivity index (χ1n) is 7.38. The van der Waals surface area contributed by atoms with Gasteiger partial charge in [0.2, 0.25) is 0 Å². The van der Waals surface area contributed by atoms with E-state index in [1.807, 2.05) is 23.7 Å². The number of hydrogen-bond acceptors (Lipinski definition) is 4. The minimum Gasteiger partial charge on any atom is -0.303 e. The molecule has 3 aliphatic rings. The molecule has 0 aliphatic carbocycles. The molecule has 5 rings (SSSR count). The summed E-state index contributed by atoms with van der Waals surface area (Å²) in [6.07, 6.45) is 3.27. The molecule has 4 heterocycles. The molecule has 2 aromatic rings. The summed E-state index contributed by atoms with van der Waals surface area (Å²) in [6.45, 7) is 3.59. The van der Waals surface area contributed by atoms with Gasteiger partial charge in [0, 0.05) is 18.5 Å². The van der Waals surface area contributed by atoms with Gasteiger partial charge in [-0.3, -0.25) is 4.79 Å². The predicted octanol–water partition coefficient (Wildman–Crippen LogP) is 3.21. The molecule has 0 spiro atoms. The summed E-state index contributed by atoms with van der Waals surface area (Å²) < 4.78 is 1.16. The molecule has 1 aromatic carbocycles. The number of nitrogens with zero attached hydrogens (tertiary/aromatic N) is 2. The third kappa shape index (κ3) is 2.17. The highest BCUT2D eigenvalue weighted by Gasteiger charge is 2.35. The molecule has 0 N–H and O–H groups in total. The third-order valence-electron chi connectivity index (χ3n) is 4.89. The molecule has 0 radical (unpaired) electrons. The molecule has 1 aromatic heterocycles. The van der Waals surface area contributed by atoms with Crippen LogP contribution in [0.15, 0.2) is 23.7 Å². The Bertz CT molecular complexity index is 643. The van der Waals surface area contributed by atoms with Gasteiger partial charge in [0.1, 0.15) is 0 Å². The maximum absolute atomic E-state index is 12.5. The predicted molar refractivity (Wildman–Crippen MR) is 81.2 cm³/mol. The third-order valence-corrected chi connectivity index (χ3v) is 5.70. The van der Waals surface area contributed by atoms with Gasteiger partial charge >= 0.3 is 0 Å². The highest BCUT2D eigenvalue weighted by molar-refractivity contribution is 7.16. The van der Waals surface area contributed by atoms with Crippen molar-refractivity contribution in [3.8, 4) is 0 Å². The average molecular weight is 286 g/mol. The van der Waals surface area contributed by atoms with Crippen LogP contribution in [0.5, 0.6) is 0 Å². The topological polar surface area (TPSA) is 33.2 Å². The lowest BCUT2D eigenvalue weighted by molar-refractivity contribution is 0.0441. The number of thiazole rings is 1. The summed E-state index contributed by atoms with van der Waals surface area (Å²) in [5.74, 6) is 1.63. The molecular weight excluding hydrogens is 268 g/mol. The van der Waals surface area contributed by atoms with Crippen molar-refractivity contribution in [3.63, 3.8) is 0 Å². The number of piperidine rings is 3. The monoisotopic (exact) mass is 286 g/mol. The lowest BCUT2D eigenvalue weighted by atomic mass is 9.76. The maximum Gasteiger partial charge on any atom is 0.163 e. The minimum atomic E-state index is 0.290. The number of aromatic nitrogens is 1. The van der Waals surface area contributed by atoms with Crippen molar-refractivity contribution in [3.05, 3.63) is 29.3 Å². The summed E-state index contributed by atoms with van der Waals surface area (Å²) in [5.41, 5.74) is 3.63. The van der Waals surface area contributed by atoms with Gasteiger partial charge in [0.15, 0.2) is 5.78 Å². The Morgan fingerprint density at radius 3 is 2.95 bits per heavy atom. The number of benzene rings is 1. The van der Waals surface area contributed by atoms with Crippen LogP contribution in [0, 0.1) is 11.8 Å². The zero-order valence-corrected chi connectivity index (χ0v) is 12.2. The molecule has 0 amide bonds. The van der Waals surface area contributed by atoms with Crippen LogP contribution in [-0.2, 0) is 0 Å². The van der Waals surface area contributed by atoms with Crippen LogP contribution in [0.4, 0.5) is 0 Å². The second kappa shape index (κ2) is 4.93. The molecule has 1 atom stereocenters. The van der Waals surface area contributed by atoms with Gasteiger partial charge in [-0.25, -0.2) is 4.98 Å². The average Bonchev–Trinajstić information content (AvgIpc) is 2.96. The first-order chi connectivity index (χ1) is 9.79. The molecular formula is C16H18N2OS. The Hall–Kier alpha value is -1.26.